The Morgan fingerprint density at radius 2 is 1.94 bits per heavy atom. The minimum Gasteiger partial charge on any atom is -0.487 e. The molecule has 0 radical (unpaired) electrons. The van der Waals surface area contributed by atoms with E-state index < -0.39 is 0 Å². The molecular weight excluding hydrogens is 528 g/mol. The summed E-state index contributed by atoms with van der Waals surface area (Å²) in [6, 6.07) is 13.7. The predicted octanol–water partition coefficient (Wildman–Crippen LogP) is 5.70. The molecule has 0 saturated carbocycles. The number of halogens is 4. The number of fused-ring (bicyclic) bond motifs is 1. The molecule has 11 heteroatoms. The van der Waals surface area contributed by atoms with Gasteiger partial charge in [-0.15, -0.1) is 24.8 Å². The Bertz CT molecular complexity index is 1260. The zero-order chi connectivity index (χ0) is 23.9. The number of rotatable bonds is 11. The van der Waals surface area contributed by atoms with Crippen LogP contribution in [0.4, 0.5) is 15.9 Å². The molecule has 2 aromatic carbocycles. The summed E-state index contributed by atoms with van der Waals surface area (Å²) in [5, 5.41) is 12.8. The molecule has 2 aromatic heterocycles. The van der Waals surface area contributed by atoms with Crippen LogP contribution in [0, 0.1) is 5.82 Å². The maximum absolute atomic E-state index is 13.4. The third-order valence-corrected chi connectivity index (χ3v) is 5.74. The van der Waals surface area contributed by atoms with Crippen molar-refractivity contribution in [1.82, 2.24) is 19.4 Å². The molecule has 0 amide bonds. The van der Waals surface area contributed by atoms with Crippen molar-refractivity contribution in [1.29, 1.82) is 0 Å². The highest BCUT2D eigenvalue weighted by Gasteiger charge is 2.11. The minimum atomic E-state index is -0.301. The Hall–Kier alpha value is -2.62. The molecule has 0 aliphatic heterocycles. The zero-order valence-electron chi connectivity index (χ0n) is 19.7. The van der Waals surface area contributed by atoms with E-state index in [9.17, 15) is 4.39 Å². The number of anilines is 2. The van der Waals surface area contributed by atoms with Crippen LogP contribution >= 0.6 is 36.4 Å². The van der Waals surface area contributed by atoms with Crippen LogP contribution in [0.2, 0.25) is 5.02 Å². The number of nitrogens with zero attached hydrogens (tertiary/aromatic N) is 4. The Morgan fingerprint density at radius 3 is 2.69 bits per heavy atom. The van der Waals surface area contributed by atoms with Crippen LogP contribution in [0.3, 0.4) is 0 Å². The van der Waals surface area contributed by atoms with E-state index in [1.54, 1.807) is 24.3 Å². The summed E-state index contributed by atoms with van der Waals surface area (Å²) in [7, 11) is 2.00. The van der Waals surface area contributed by atoms with Gasteiger partial charge >= 0.3 is 0 Å². The largest absolute Gasteiger partial charge is 0.487 e. The molecule has 0 bridgehead atoms. The number of benzene rings is 2. The molecule has 36 heavy (non-hydrogen) atoms. The Balaban J connectivity index is 0.00000228. The van der Waals surface area contributed by atoms with Crippen LogP contribution < -0.4 is 10.1 Å². The summed E-state index contributed by atoms with van der Waals surface area (Å²) in [5.41, 5.74) is 3.25. The SMILES string of the molecule is CN(CCO)CCCn1ccc2ncnc(Nc3ccc(OCc4cccc(F)c4)c(Cl)c3)c21.Cl.Cl. The standard InChI is InChI=1S/C25H27ClFN5O2.2ClH/c1-31(12-13-33)9-3-10-32-11-8-22-24(32)25(29-17-28-22)30-20-6-7-23(21(26)15-20)34-16-18-4-2-5-19(27)14-18;;/h2,4-8,11,14-15,17,33H,3,9-10,12-13,16H2,1H3,(H,28,29,30);2*1H. The first-order valence-corrected chi connectivity index (χ1v) is 11.4. The van der Waals surface area contributed by atoms with E-state index in [4.69, 9.17) is 21.4 Å². The lowest BCUT2D eigenvalue weighted by molar-refractivity contribution is 0.218. The van der Waals surface area contributed by atoms with Gasteiger partial charge in [-0.2, -0.15) is 0 Å². The van der Waals surface area contributed by atoms with E-state index >= 15 is 0 Å². The molecule has 2 N–H and O–H groups in total. The van der Waals surface area contributed by atoms with Crippen LogP contribution in [0.25, 0.3) is 11.0 Å². The average molecular weight is 557 g/mol. The van der Waals surface area contributed by atoms with Crippen LogP contribution in [0.1, 0.15) is 12.0 Å². The van der Waals surface area contributed by atoms with Gasteiger partial charge in [-0.05, 0) is 62.0 Å². The second-order valence-corrected chi connectivity index (χ2v) is 8.44. The molecule has 194 valence electrons. The highest BCUT2D eigenvalue weighted by atomic mass is 35.5. The van der Waals surface area contributed by atoms with Gasteiger partial charge in [-0.1, -0.05) is 23.7 Å². The predicted molar refractivity (Wildman–Crippen MR) is 147 cm³/mol. The highest BCUT2D eigenvalue weighted by Crippen LogP contribution is 2.31. The maximum Gasteiger partial charge on any atom is 0.158 e. The van der Waals surface area contributed by atoms with E-state index in [2.05, 4.69) is 24.8 Å². The smallest absolute Gasteiger partial charge is 0.158 e. The van der Waals surface area contributed by atoms with E-state index in [0.29, 0.717) is 23.1 Å². The maximum atomic E-state index is 13.4. The number of ether oxygens (including phenoxy) is 1. The fraction of sp³-hybridized carbons (Fsp3) is 0.280. The Morgan fingerprint density at radius 1 is 1.11 bits per heavy atom. The first kappa shape index (κ1) is 29.6. The van der Waals surface area contributed by atoms with Crippen molar-refractivity contribution in [2.45, 2.75) is 19.6 Å². The lowest BCUT2D eigenvalue weighted by atomic mass is 10.2. The number of aromatic nitrogens is 3. The monoisotopic (exact) mass is 555 g/mol. The normalized spacial score (nSPS) is 10.7. The van der Waals surface area contributed by atoms with Crippen LogP contribution in [0.5, 0.6) is 5.75 Å². The molecule has 0 saturated heterocycles. The second-order valence-electron chi connectivity index (χ2n) is 8.03. The first-order chi connectivity index (χ1) is 16.5. The van der Waals surface area contributed by atoms with Crippen molar-refractivity contribution < 1.29 is 14.2 Å². The molecule has 0 spiro atoms. The summed E-state index contributed by atoms with van der Waals surface area (Å²) >= 11 is 6.45. The number of nitrogens with one attached hydrogen (secondary N) is 1. The third kappa shape index (κ3) is 7.69. The molecule has 0 atom stereocenters. The highest BCUT2D eigenvalue weighted by molar-refractivity contribution is 6.32. The quantitative estimate of drug-likeness (QED) is 0.247. The summed E-state index contributed by atoms with van der Waals surface area (Å²) in [4.78, 5) is 10.9. The summed E-state index contributed by atoms with van der Waals surface area (Å²) in [6.45, 7) is 2.71. The van der Waals surface area contributed by atoms with E-state index in [-0.39, 0.29) is 43.8 Å². The zero-order valence-corrected chi connectivity index (χ0v) is 22.1. The molecule has 2 heterocycles. The van der Waals surface area contributed by atoms with Gasteiger partial charge in [0, 0.05) is 25.0 Å². The summed E-state index contributed by atoms with van der Waals surface area (Å²) in [5.74, 6) is 0.896. The van der Waals surface area contributed by atoms with Gasteiger partial charge in [0.2, 0.25) is 0 Å². The Labute approximate surface area is 227 Å². The minimum absolute atomic E-state index is 0. The molecule has 0 unspecified atom stereocenters. The molecule has 0 fully saturated rings. The van der Waals surface area contributed by atoms with Gasteiger partial charge in [-0.3, -0.25) is 0 Å². The fourth-order valence-electron chi connectivity index (χ4n) is 3.72. The number of aliphatic hydroxyl groups excluding tert-OH is 1. The van der Waals surface area contributed by atoms with Crippen molar-refractivity contribution in [3.8, 4) is 5.75 Å². The van der Waals surface area contributed by atoms with Gasteiger partial charge in [0.1, 0.15) is 30.0 Å². The van der Waals surface area contributed by atoms with Crippen molar-refractivity contribution in [3.05, 3.63) is 77.5 Å². The number of aryl methyl sites for hydroxylation is 1. The fourth-order valence-corrected chi connectivity index (χ4v) is 3.96. The van der Waals surface area contributed by atoms with Crippen LogP contribution in [-0.2, 0) is 13.2 Å². The average Bonchev–Trinajstić information content (AvgIpc) is 3.23. The summed E-state index contributed by atoms with van der Waals surface area (Å²) in [6.07, 6.45) is 4.47. The molecule has 0 aliphatic rings. The van der Waals surface area contributed by atoms with E-state index in [1.165, 1.54) is 18.5 Å². The van der Waals surface area contributed by atoms with Gasteiger partial charge in [0.15, 0.2) is 5.82 Å². The first-order valence-electron chi connectivity index (χ1n) is 11.1. The van der Waals surface area contributed by atoms with Crippen LogP contribution in [-0.4, -0.2) is 51.3 Å². The van der Waals surface area contributed by atoms with Crippen molar-refractivity contribution >= 4 is 59.0 Å². The van der Waals surface area contributed by atoms with E-state index in [1.807, 2.05) is 25.4 Å². The van der Waals surface area contributed by atoms with Crippen molar-refractivity contribution in [2.75, 3.05) is 32.1 Å². The number of hydrogen-bond donors (Lipinski definition) is 2. The molecule has 7 nitrogen and oxygen atoms in total. The number of aliphatic hydroxyl groups is 1. The van der Waals surface area contributed by atoms with Gasteiger partial charge < -0.3 is 24.6 Å². The molecule has 4 rings (SSSR count). The lowest BCUT2D eigenvalue weighted by Crippen LogP contribution is -2.24. The molecule has 0 aliphatic carbocycles. The van der Waals surface area contributed by atoms with Crippen LogP contribution in [0.15, 0.2) is 61.1 Å². The second kappa shape index (κ2) is 14.2. The third-order valence-electron chi connectivity index (χ3n) is 5.45. The van der Waals surface area contributed by atoms with Crippen molar-refractivity contribution in [2.24, 2.45) is 0 Å². The van der Waals surface area contributed by atoms with E-state index in [0.717, 1.165) is 41.8 Å². The van der Waals surface area contributed by atoms with Gasteiger partial charge in [0.05, 0.1) is 17.1 Å². The van der Waals surface area contributed by atoms with Gasteiger partial charge in [-0.25, -0.2) is 14.4 Å². The molecular formula is C25H29Cl3FN5O2. The number of hydrogen-bond acceptors (Lipinski definition) is 6. The topological polar surface area (TPSA) is 75.4 Å². The lowest BCUT2D eigenvalue weighted by Gasteiger charge is -2.16. The Kier molecular flexibility index (Phi) is 11.7. The van der Waals surface area contributed by atoms with Gasteiger partial charge in [0.25, 0.3) is 0 Å². The van der Waals surface area contributed by atoms with Crippen molar-refractivity contribution in [3.63, 3.8) is 0 Å². The summed E-state index contributed by atoms with van der Waals surface area (Å²) < 4.78 is 21.3. The number of likely N-dealkylation sites (N-methyl/N-ethyl adjacent to an activating group) is 1. The molecule has 4 aromatic rings.